The van der Waals surface area contributed by atoms with Gasteiger partial charge in [-0.1, -0.05) is 12.1 Å². The molecule has 1 saturated carbocycles. The molecule has 6 rings (SSSR count). The molecule has 2 aliphatic heterocycles. The van der Waals surface area contributed by atoms with Crippen LogP contribution < -0.4 is 10.2 Å². The number of aromatic nitrogens is 4. The van der Waals surface area contributed by atoms with Gasteiger partial charge in [0.05, 0.1) is 11.3 Å². The van der Waals surface area contributed by atoms with Crippen molar-refractivity contribution in [2.45, 2.75) is 57.3 Å². The summed E-state index contributed by atoms with van der Waals surface area (Å²) < 4.78 is 45.3. The molecule has 2 fully saturated rings. The number of hydrogen-bond acceptors (Lipinski definition) is 6. The van der Waals surface area contributed by atoms with Crippen molar-refractivity contribution in [1.29, 1.82) is 0 Å². The van der Waals surface area contributed by atoms with Gasteiger partial charge < -0.3 is 10.2 Å². The number of benzene rings is 1. The average Bonchev–Trinajstić information content (AvgIpc) is 3.48. The van der Waals surface area contributed by atoms with Crippen LogP contribution in [0, 0.1) is 18.8 Å². The van der Waals surface area contributed by atoms with Gasteiger partial charge in [0, 0.05) is 31.6 Å². The highest BCUT2D eigenvalue weighted by atomic mass is 32.1. The van der Waals surface area contributed by atoms with E-state index in [0.717, 1.165) is 49.6 Å². The van der Waals surface area contributed by atoms with Crippen molar-refractivity contribution in [2.75, 3.05) is 23.3 Å². The number of fused-ring (bicyclic) bond motifs is 3. The summed E-state index contributed by atoms with van der Waals surface area (Å²) in [4.78, 5) is 7.32. The Morgan fingerprint density at radius 2 is 1.79 bits per heavy atom. The summed E-state index contributed by atoms with van der Waals surface area (Å²) in [5.74, 6) is 2.53. The molecule has 0 spiro atoms. The lowest BCUT2D eigenvalue weighted by molar-refractivity contribution is -0.137. The number of nitrogens with zero attached hydrogens (tertiary/aromatic N) is 5. The fourth-order valence-electron chi connectivity index (χ4n) is 5.92. The molecule has 2 unspecified atom stereocenters. The Kier molecular flexibility index (Phi) is 5.31. The zero-order chi connectivity index (χ0) is 23.4. The molecule has 180 valence electrons. The molecule has 4 atom stereocenters. The van der Waals surface area contributed by atoms with Crippen molar-refractivity contribution in [1.82, 2.24) is 19.1 Å². The molecule has 1 saturated heterocycles. The van der Waals surface area contributed by atoms with Gasteiger partial charge in [-0.05, 0) is 79.7 Å². The maximum Gasteiger partial charge on any atom is 0.416 e. The molecular formula is C24H27F3N6S. The molecule has 1 aromatic carbocycles. The van der Waals surface area contributed by atoms with E-state index >= 15 is 0 Å². The minimum absolute atomic E-state index is 0.0350. The molecule has 1 aliphatic carbocycles. The van der Waals surface area contributed by atoms with Crippen molar-refractivity contribution in [3.8, 4) is 0 Å². The minimum Gasteiger partial charge on any atom is -0.361 e. The number of aryl methyl sites for hydroxylation is 2. The number of piperidine rings is 1. The predicted molar refractivity (Wildman–Crippen MR) is 125 cm³/mol. The van der Waals surface area contributed by atoms with Crippen LogP contribution in [-0.2, 0) is 12.7 Å². The van der Waals surface area contributed by atoms with Crippen LogP contribution in [0.2, 0.25) is 0 Å². The summed E-state index contributed by atoms with van der Waals surface area (Å²) in [6.07, 6.45) is -0.145. The SMILES string of the molecule is Cc1cc(N2CC3CC[C@@H](C2)[C@@H]3Nc2nc3n(n2)CCCC3c2ccc(C(F)(F)F)cc2)sn1. The molecule has 34 heavy (non-hydrogen) atoms. The average molecular weight is 489 g/mol. The first kappa shape index (κ1) is 21.9. The maximum atomic E-state index is 13.0. The van der Waals surface area contributed by atoms with E-state index in [-0.39, 0.29) is 5.92 Å². The third-order valence-corrected chi connectivity index (χ3v) is 8.51. The lowest BCUT2D eigenvalue weighted by atomic mass is 9.90. The monoisotopic (exact) mass is 488 g/mol. The molecule has 2 bridgehead atoms. The molecule has 1 N–H and O–H groups in total. The Morgan fingerprint density at radius 3 is 2.44 bits per heavy atom. The fourth-order valence-corrected chi connectivity index (χ4v) is 6.70. The van der Waals surface area contributed by atoms with E-state index in [1.54, 1.807) is 23.7 Å². The van der Waals surface area contributed by atoms with Gasteiger partial charge in [0.25, 0.3) is 0 Å². The number of halogens is 3. The summed E-state index contributed by atoms with van der Waals surface area (Å²) in [5.41, 5.74) is 1.32. The molecule has 0 radical (unpaired) electrons. The molecule has 6 nitrogen and oxygen atoms in total. The quantitative estimate of drug-likeness (QED) is 0.539. The van der Waals surface area contributed by atoms with Crippen LogP contribution >= 0.6 is 11.5 Å². The van der Waals surface area contributed by atoms with Gasteiger partial charge in [0.2, 0.25) is 5.95 Å². The summed E-state index contributed by atoms with van der Waals surface area (Å²) in [6, 6.07) is 8.02. The largest absolute Gasteiger partial charge is 0.416 e. The van der Waals surface area contributed by atoms with Crippen LogP contribution in [0.25, 0.3) is 0 Å². The van der Waals surface area contributed by atoms with Crippen LogP contribution in [0.5, 0.6) is 0 Å². The van der Waals surface area contributed by atoms with Gasteiger partial charge in [0.15, 0.2) is 0 Å². The second kappa shape index (κ2) is 8.25. The van der Waals surface area contributed by atoms with E-state index in [0.29, 0.717) is 23.8 Å². The molecule has 3 aliphatic rings. The van der Waals surface area contributed by atoms with Gasteiger partial charge in [-0.25, -0.2) is 4.68 Å². The van der Waals surface area contributed by atoms with Crippen molar-refractivity contribution >= 4 is 22.5 Å². The van der Waals surface area contributed by atoms with Crippen LogP contribution in [0.3, 0.4) is 0 Å². The van der Waals surface area contributed by atoms with Gasteiger partial charge in [0.1, 0.15) is 10.8 Å². The van der Waals surface area contributed by atoms with Crippen LogP contribution in [-0.4, -0.2) is 38.3 Å². The first-order valence-electron chi connectivity index (χ1n) is 11.9. The summed E-state index contributed by atoms with van der Waals surface area (Å²) in [5, 5.41) is 9.65. The minimum atomic E-state index is -4.32. The Balaban J connectivity index is 1.19. The fraction of sp³-hybridized carbons (Fsp3) is 0.542. The Labute approximate surface area is 200 Å². The second-order valence-electron chi connectivity index (χ2n) is 9.81. The van der Waals surface area contributed by atoms with E-state index in [4.69, 9.17) is 10.1 Å². The second-order valence-corrected chi connectivity index (χ2v) is 10.6. The summed E-state index contributed by atoms with van der Waals surface area (Å²) >= 11 is 1.58. The van der Waals surface area contributed by atoms with Crippen molar-refractivity contribution in [3.05, 3.63) is 53.0 Å². The standard InChI is InChI=1S/C24H27F3N6S/c1-14-11-20(34-31-14)32-12-16-4-5-17(13-32)21(16)28-23-29-22-19(3-2-10-33(22)30-23)15-6-8-18(9-7-15)24(25,26)27/h6-9,11,16-17,19,21H,2-5,10,12-13H2,1H3,(H,28,30)/t16-,17?,19?,21-/m0/s1. The predicted octanol–water partition coefficient (Wildman–Crippen LogP) is 5.31. The van der Waals surface area contributed by atoms with E-state index in [2.05, 4.69) is 20.7 Å². The molecule has 0 amide bonds. The Morgan fingerprint density at radius 1 is 1.06 bits per heavy atom. The van der Waals surface area contributed by atoms with Gasteiger partial charge >= 0.3 is 6.18 Å². The van der Waals surface area contributed by atoms with Gasteiger partial charge in [-0.3, -0.25) is 0 Å². The number of anilines is 2. The van der Waals surface area contributed by atoms with Crippen LogP contribution in [0.1, 0.15) is 54.2 Å². The van der Waals surface area contributed by atoms with E-state index in [9.17, 15) is 13.2 Å². The number of nitrogens with one attached hydrogen (secondary N) is 1. The zero-order valence-corrected chi connectivity index (χ0v) is 19.7. The topological polar surface area (TPSA) is 58.9 Å². The first-order chi connectivity index (χ1) is 16.3. The highest BCUT2D eigenvalue weighted by molar-refractivity contribution is 7.10. The lowest BCUT2D eigenvalue weighted by Gasteiger charge is -2.38. The molecular weight excluding hydrogens is 461 g/mol. The normalized spacial score (nSPS) is 26.5. The van der Waals surface area contributed by atoms with Crippen molar-refractivity contribution in [3.63, 3.8) is 0 Å². The zero-order valence-electron chi connectivity index (χ0n) is 18.9. The van der Waals surface area contributed by atoms with Gasteiger partial charge in [-0.15, -0.1) is 5.10 Å². The maximum absolute atomic E-state index is 13.0. The molecule has 3 aromatic rings. The molecule has 10 heteroatoms. The molecule has 2 aromatic heterocycles. The summed E-state index contributed by atoms with van der Waals surface area (Å²) in [7, 11) is 0. The number of hydrogen-bond donors (Lipinski definition) is 1. The van der Waals surface area contributed by atoms with Gasteiger partial charge in [-0.2, -0.15) is 22.5 Å². The number of alkyl halides is 3. The third-order valence-electron chi connectivity index (χ3n) is 7.57. The third kappa shape index (κ3) is 3.95. The number of rotatable bonds is 4. The van der Waals surface area contributed by atoms with Crippen molar-refractivity contribution in [2.24, 2.45) is 11.8 Å². The van der Waals surface area contributed by atoms with E-state index < -0.39 is 11.7 Å². The highest BCUT2D eigenvalue weighted by Gasteiger charge is 2.43. The van der Waals surface area contributed by atoms with Crippen molar-refractivity contribution < 1.29 is 13.2 Å². The van der Waals surface area contributed by atoms with E-state index in [1.165, 1.54) is 30.0 Å². The Bertz CT molecular complexity index is 1160. The van der Waals surface area contributed by atoms with Crippen LogP contribution in [0.15, 0.2) is 30.3 Å². The first-order valence-corrected chi connectivity index (χ1v) is 12.7. The van der Waals surface area contributed by atoms with Crippen LogP contribution in [0.4, 0.5) is 24.1 Å². The lowest BCUT2D eigenvalue weighted by Crippen LogP contribution is -2.48. The molecule has 4 heterocycles. The Hall–Kier alpha value is -2.62. The highest BCUT2D eigenvalue weighted by Crippen LogP contribution is 2.41. The smallest absolute Gasteiger partial charge is 0.361 e. The summed E-state index contributed by atoms with van der Waals surface area (Å²) in [6.45, 7) is 4.85. The van der Waals surface area contributed by atoms with E-state index in [1.807, 2.05) is 11.6 Å².